The summed E-state index contributed by atoms with van der Waals surface area (Å²) in [6.07, 6.45) is 4.70. The minimum Gasteiger partial charge on any atom is -0.296 e. The van der Waals surface area contributed by atoms with Crippen LogP contribution in [0.1, 0.15) is 27.2 Å². The molecule has 0 N–H and O–H groups in total. The van der Waals surface area contributed by atoms with E-state index >= 15 is 0 Å². The third kappa shape index (κ3) is 3.64. The lowest BCUT2D eigenvalue weighted by atomic mass is 10.1. The Morgan fingerprint density at radius 3 is 2.48 bits per heavy atom. The van der Waals surface area contributed by atoms with E-state index in [1.165, 1.54) is 17.3 Å². The van der Waals surface area contributed by atoms with Gasteiger partial charge in [0.05, 0.1) is 0 Å². The third-order valence-electron chi connectivity index (χ3n) is 4.42. The first kappa shape index (κ1) is 17.8. The highest BCUT2D eigenvalue weighted by molar-refractivity contribution is 7.98. The number of ketones is 1. The summed E-state index contributed by atoms with van der Waals surface area (Å²) < 4.78 is 1.87. The number of rotatable bonds is 5. The number of aromatic nitrogens is 2. The minimum atomic E-state index is -0.0562. The summed E-state index contributed by atoms with van der Waals surface area (Å²) in [6.45, 7) is 0. The predicted octanol–water partition coefficient (Wildman–Crippen LogP) is 5.53. The van der Waals surface area contributed by atoms with Gasteiger partial charge in [-0.2, -0.15) is 0 Å². The van der Waals surface area contributed by atoms with Gasteiger partial charge in [-0.1, -0.05) is 41.9 Å². The molecule has 2 heterocycles. The number of carbonyl (C=O) groups excluding carboxylic acids is 1. The van der Waals surface area contributed by atoms with Crippen molar-refractivity contribution in [3.8, 4) is 0 Å². The van der Waals surface area contributed by atoms with Gasteiger partial charge in [-0.3, -0.25) is 9.20 Å². The van der Waals surface area contributed by atoms with Crippen molar-refractivity contribution >= 4 is 34.8 Å². The monoisotopic (exact) mass is 392 g/mol. The maximum Gasteiger partial charge on any atom is 0.212 e. The summed E-state index contributed by atoms with van der Waals surface area (Å²) in [5.74, 6) is -0.0562. The number of hydrogen-bond acceptors (Lipinski definition) is 3. The van der Waals surface area contributed by atoms with Crippen molar-refractivity contribution in [1.82, 2.24) is 9.38 Å². The van der Waals surface area contributed by atoms with Crippen molar-refractivity contribution in [3.05, 3.63) is 100 Å². The Morgan fingerprint density at radius 1 is 1.04 bits per heavy atom. The van der Waals surface area contributed by atoms with Crippen LogP contribution in [-0.4, -0.2) is 21.4 Å². The number of fused-ring (bicyclic) bond motifs is 1. The van der Waals surface area contributed by atoms with Crippen molar-refractivity contribution in [2.45, 2.75) is 11.4 Å². The molecule has 2 aromatic carbocycles. The molecule has 0 saturated carbocycles. The normalized spacial score (nSPS) is 11.0. The van der Waals surface area contributed by atoms with E-state index in [1.54, 1.807) is 24.3 Å². The molecular formula is C22H17ClN2OS. The lowest BCUT2D eigenvalue weighted by Crippen LogP contribution is -2.06. The van der Waals surface area contributed by atoms with E-state index in [2.05, 4.69) is 17.1 Å². The highest BCUT2D eigenvalue weighted by Crippen LogP contribution is 2.25. The zero-order chi connectivity index (χ0) is 18.8. The van der Waals surface area contributed by atoms with Crippen LogP contribution < -0.4 is 0 Å². The molecule has 0 saturated heterocycles. The van der Waals surface area contributed by atoms with Crippen molar-refractivity contribution in [3.63, 3.8) is 0 Å². The van der Waals surface area contributed by atoms with Crippen LogP contribution in [0.25, 0.3) is 5.65 Å². The van der Waals surface area contributed by atoms with Gasteiger partial charge in [-0.25, -0.2) is 4.98 Å². The smallest absolute Gasteiger partial charge is 0.212 e. The van der Waals surface area contributed by atoms with Crippen LogP contribution in [0.4, 0.5) is 0 Å². The average molecular weight is 393 g/mol. The molecule has 0 radical (unpaired) electrons. The van der Waals surface area contributed by atoms with Crippen LogP contribution in [0, 0.1) is 0 Å². The van der Waals surface area contributed by atoms with E-state index in [0.29, 0.717) is 16.3 Å². The predicted molar refractivity (Wildman–Crippen MR) is 111 cm³/mol. The van der Waals surface area contributed by atoms with Crippen LogP contribution in [0.3, 0.4) is 0 Å². The van der Waals surface area contributed by atoms with Gasteiger partial charge in [0.15, 0.2) is 0 Å². The van der Waals surface area contributed by atoms with E-state index in [1.807, 2.05) is 47.2 Å². The van der Waals surface area contributed by atoms with Crippen molar-refractivity contribution in [2.24, 2.45) is 0 Å². The van der Waals surface area contributed by atoms with Gasteiger partial charge in [0.2, 0.25) is 5.78 Å². The quantitative estimate of drug-likeness (QED) is 0.330. The zero-order valence-corrected chi connectivity index (χ0v) is 16.3. The van der Waals surface area contributed by atoms with Gasteiger partial charge < -0.3 is 0 Å². The Hall–Kier alpha value is -2.56. The largest absolute Gasteiger partial charge is 0.296 e. The van der Waals surface area contributed by atoms with E-state index in [0.717, 1.165) is 22.7 Å². The molecule has 3 nitrogen and oxygen atoms in total. The number of pyridine rings is 1. The second-order valence-corrected chi connectivity index (χ2v) is 7.46. The van der Waals surface area contributed by atoms with Crippen LogP contribution in [-0.2, 0) is 6.42 Å². The van der Waals surface area contributed by atoms with Gasteiger partial charge in [-0.05, 0) is 60.2 Å². The summed E-state index contributed by atoms with van der Waals surface area (Å²) in [5, 5.41) is 1.34. The molecule has 0 spiro atoms. The fourth-order valence-electron chi connectivity index (χ4n) is 3.09. The maximum absolute atomic E-state index is 13.1. The molecule has 0 unspecified atom stereocenters. The first-order valence-corrected chi connectivity index (χ1v) is 10.1. The Morgan fingerprint density at radius 2 is 1.78 bits per heavy atom. The number of halogens is 1. The van der Waals surface area contributed by atoms with E-state index in [4.69, 9.17) is 11.6 Å². The highest BCUT2D eigenvalue weighted by atomic mass is 35.5. The van der Waals surface area contributed by atoms with Crippen molar-refractivity contribution in [2.75, 3.05) is 6.26 Å². The van der Waals surface area contributed by atoms with Crippen LogP contribution in [0.2, 0.25) is 5.02 Å². The molecule has 0 aliphatic rings. The highest BCUT2D eigenvalue weighted by Gasteiger charge is 2.20. The fraction of sp³-hybridized carbons (Fsp3) is 0.0909. The summed E-state index contributed by atoms with van der Waals surface area (Å²) in [7, 11) is 0. The molecule has 27 heavy (non-hydrogen) atoms. The number of hydrogen-bond donors (Lipinski definition) is 0. The van der Waals surface area contributed by atoms with Crippen LogP contribution >= 0.6 is 23.4 Å². The molecule has 0 aliphatic heterocycles. The summed E-state index contributed by atoms with van der Waals surface area (Å²) in [5.41, 5.74) is 4.38. The Kier molecular flexibility index (Phi) is 5.01. The van der Waals surface area contributed by atoms with E-state index < -0.39 is 0 Å². The fourth-order valence-corrected chi connectivity index (χ4v) is 3.79. The van der Waals surface area contributed by atoms with Gasteiger partial charge >= 0.3 is 0 Å². The molecule has 2 aromatic heterocycles. The van der Waals surface area contributed by atoms with E-state index in [9.17, 15) is 4.79 Å². The van der Waals surface area contributed by atoms with Crippen LogP contribution in [0.5, 0.6) is 0 Å². The molecule has 5 heteroatoms. The zero-order valence-electron chi connectivity index (χ0n) is 14.7. The number of imidazole rings is 1. The first-order chi connectivity index (χ1) is 13.2. The number of carbonyl (C=O) groups is 1. The minimum absolute atomic E-state index is 0.0562. The summed E-state index contributed by atoms with van der Waals surface area (Å²) in [4.78, 5) is 17.7. The lowest BCUT2D eigenvalue weighted by Gasteiger charge is -2.06. The van der Waals surface area contributed by atoms with Crippen molar-refractivity contribution < 1.29 is 4.79 Å². The van der Waals surface area contributed by atoms with Gasteiger partial charge in [0.25, 0.3) is 0 Å². The third-order valence-corrected chi connectivity index (χ3v) is 5.35. The molecule has 4 rings (SSSR count). The molecule has 0 fully saturated rings. The van der Waals surface area contributed by atoms with Crippen LogP contribution in [0.15, 0.2) is 78.0 Å². The average Bonchev–Trinajstić information content (AvgIpc) is 3.06. The summed E-state index contributed by atoms with van der Waals surface area (Å²) in [6, 6.07) is 21.4. The second kappa shape index (κ2) is 7.59. The van der Waals surface area contributed by atoms with Gasteiger partial charge in [-0.15, -0.1) is 11.8 Å². The maximum atomic E-state index is 13.1. The molecule has 0 atom stereocenters. The molecule has 0 bridgehead atoms. The second-order valence-electron chi connectivity index (χ2n) is 6.23. The Bertz CT molecular complexity index is 1100. The molecule has 4 aromatic rings. The SMILES string of the molecule is CSc1nc2cc(Cc3ccccc3)ccn2c1C(=O)c1ccc(Cl)cc1. The molecule has 0 amide bonds. The standard InChI is InChI=1S/C22H17ClN2OS/c1-27-22-20(21(26)17-7-9-18(23)10-8-17)25-12-11-16(14-19(25)24-22)13-15-5-3-2-4-6-15/h2-12,14H,13H2,1H3. The molecule has 134 valence electrons. The van der Waals surface area contributed by atoms with Crippen molar-refractivity contribution in [1.29, 1.82) is 0 Å². The van der Waals surface area contributed by atoms with Gasteiger partial charge in [0, 0.05) is 16.8 Å². The number of thioether (sulfide) groups is 1. The lowest BCUT2D eigenvalue weighted by molar-refractivity contribution is 0.103. The molecular weight excluding hydrogens is 376 g/mol. The van der Waals surface area contributed by atoms with Gasteiger partial charge in [0.1, 0.15) is 16.4 Å². The Balaban J connectivity index is 1.74. The first-order valence-electron chi connectivity index (χ1n) is 8.55. The van der Waals surface area contributed by atoms with E-state index in [-0.39, 0.29) is 5.78 Å². The number of nitrogens with zero attached hydrogens (tertiary/aromatic N) is 2. The molecule has 0 aliphatic carbocycles. The number of benzene rings is 2. The topological polar surface area (TPSA) is 34.4 Å². The summed E-state index contributed by atoms with van der Waals surface area (Å²) >= 11 is 7.42. The Labute approximate surface area is 167 Å².